The van der Waals surface area contributed by atoms with Crippen molar-refractivity contribution in [2.75, 3.05) is 32.8 Å². The SMILES string of the molecule is CCC[C@@H]1CCC[C@H](C2(OC(=O)N3CCN(CCO)C[C@@H]3C)CC2)N1S(=O)(=O)c1ccc(Cl)cc1. The minimum atomic E-state index is -3.79. The Morgan fingerprint density at radius 3 is 2.51 bits per heavy atom. The molecule has 1 saturated carbocycles. The second-order valence-electron chi connectivity index (χ2n) is 10.2. The number of ether oxygens (including phenoxy) is 1. The van der Waals surface area contributed by atoms with Crippen molar-refractivity contribution >= 4 is 27.7 Å². The van der Waals surface area contributed by atoms with Gasteiger partial charge in [0.25, 0.3) is 0 Å². The van der Waals surface area contributed by atoms with Gasteiger partial charge in [-0.05, 0) is 63.3 Å². The lowest BCUT2D eigenvalue weighted by Gasteiger charge is -2.45. The van der Waals surface area contributed by atoms with Crippen molar-refractivity contribution in [3.8, 4) is 0 Å². The van der Waals surface area contributed by atoms with Crippen LogP contribution in [0.4, 0.5) is 4.79 Å². The van der Waals surface area contributed by atoms with Gasteiger partial charge in [0.1, 0.15) is 5.60 Å². The van der Waals surface area contributed by atoms with E-state index in [-0.39, 0.29) is 35.7 Å². The summed E-state index contributed by atoms with van der Waals surface area (Å²) in [6.07, 6.45) is 5.05. The van der Waals surface area contributed by atoms with Crippen molar-refractivity contribution in [1.82, 2.24) is 14.1 Å². The van der Waals surface area contributed by atoms with Crippen LogP contribution in [0.5, 0.6) is 0 Å². The topological polar surface area (TPSA) is 90.4 Å². The van der Waals surface area contributed by atoms with E-state index in [1.54, 1.807) is 33.5 Å². The van der Waals surface area contributed by atoms with Gasteiger partial charge in [-0.15, -0.1) is 0 Å². The number of piperazine rings is 1. The van der Waals surface area contributed by atoms with Crippen LogP contribution in [0.15, 0.2) is 29.2 Å². The molecule has 0 radical (unpaired) electrons. The fraction of sp³-hybridized carbons (Fsp3) is 0.720. The molecule has 196 valence electrons. The first-order valence-electron chi connectivity index (χ1n) is 12.8. The maximum atomic E-state index is 13.9. The molecule has 1 amide bonds. The Labute approximate surface area is 214 Å². The highest BCUT2D eigenvalue weighted by molar-refractivity contribution is 7.89. The highest BCUT2D eigenvalue weighted by Gasteiger charge is 2.60. The Morgan fingerprint density at radius 2 is 1.91 bits per heavy atom. The van der Waals surface area contributed by atoms with Gasteiger partial charge in [-0.1, -0.05) is 31.4 Å². The van der Waals surface area contributed by atoms with Crippen LogP contribution in [0.3, 0.4) is 0 Å². The van der Waals surface area contributed by atoms with Crippen molar-refractivity contribution in [1.29, 1.82) is 0 Å². The number of rotatable bonds is 8. The number of amides is 1. The van der Waals surface area contributed by atoms with Gasteiger partial charge in [-0.25, -0.2) is 13.2 Å². The first-order chi connectivity index (χ1) is 16.7. The zero-order valence-electron chi connectivity index (χ0n) is 20.7. The van der Waals surface area contributed by atoms with Gasteiger partial charge in [0.05, 0.1) is 17.5 Å². The summed E-state index contributed by atoms with van der Waals surface area (Å²) >= 11 is 6.02. The van der Waals surface area contributed by atoms with Crippen molar-refractivity contribution in [2.24, 2.45) is 0 Å². The van der Waals surface area contributed by atoms with Gasteiger partial charge in [0.2, 0.25) is 10.0 Å². The maximum absolute atomic E-state index is 13.9. The highest BCUT2D eigenvalue weighted by Crippen LogP contribution is 2.50. The molecule has 1 aromatic carbocycles. The van der Waals surface area contributed by atoms with Crippen LogP contribution < -0.4 is 0 Å². The zero-order valence-corrected chi connectivity index (χ0v) is 22.3. The van der Waals surface area contributed by atoms with E-state index in [1.807, 2.05) is 6.92 Å². The molecule has 35 heavy (non-hydrogen) atoms. The Hall–Kier alpha value is -1.39. The summed E-state index contributed by atoms with van der Waals surface area (Å²) in [7, 11) is -3.79. The largest absolute Gasteiger partial charge is 0.441 e. The van der Waals surface area contributed by atoms with E-state index in [1.165, 1.54) is 0 Å². The summed E-state index contributed by atoms with van der Waals surface area (Å²) in [6.45, 7) is 6.65. The minimum absolute atomic E-state index is 0.0355. The minimum Gasteiger partial charge on any atom is -0.441 e. The molecule has 3 fully saturated rings. The fourth-order valence-corrected chi connectivity index (χ4v) is 7.84. The Kier molecular flexibility index (Phi) is 8.32. The molecule has 1 N–H and O–H groups in total. The van der Waals surface area contributed by atoms with E-state index < -0.39 is 15.6 Å². The third-order valence-electron chi connectivity index (χ3n) is 7.70. The first kappa shape index (κ1) is 26.7. The van der Waals surface area contributed by atoms with E-state index in [9.17, 15) is 18.3 Å². The van der Waals surface area contributed by atoms with Crippen LogP contribution in [0.25, 0.3) is 0 Å². The van der Waals surface area contributed by atoms with E-state index in [2.05, 4.69) is 11.8 Å². The summed E-state index contributed by atoms with van der Waals surface area (Å²) in [6, 6.07) is 5.81. The lowest BCUT2D eigenvalue weighted by atomic mass is 9.91. The summed E-state index contributed by atoms with van der Waals surface area (Å²) in [5, 5.41) is 9.71. The number of hydrogen-bond acceptors (Lipinski definition) is 6. The van der Waals surface area contributed by atoms with E-state index in [0.29, 0.717) is 50.5 Å². The second-order valence-corrected chi connectivity index (χ2v) is 12.5. The predicted octanol–water partition coefficient (Wildman–Crippen LogP) is 3.72. The molecule has 8 nitrogen and oxygen atoms in total. The van der Waals surface area contributed by atoms with Gasteiger partial charge in [0.15, 0.2) is 0 Å². The third kappa shape index (κ3) is 5.64. The normalized spacial score (nSPS) is 27.5. The summed E-state index contributed by atoms with van der Waals surface area (Å²) in [5.41, 5.74) is -0.773. The fourth-order valence-electron chi connectivity index (χ4n) is 5.76. The highest BCUT2D eigenvalue weighted by atomic mass is 35.5. The molecule has 2 heterocycles. The summed E-state index contributed by atoms with van der Waals surface area (Å²) < 4.78 is 35.7. The summed E-state index contributed by atoms with van der Waals surface area (Å²) in [4.78, 5) is 17.4. The standard InChI is InChI=1S/C25H38ClN3O5S/c1-3-5-21-6-4-7-23(29(21)35(32,33)22-10-8-20(26)9-11-22)25(12-13-25)34-24(31)28-15-14-27(16-17-30)18-19(28)2/h8-11,19,21,23,30H,3-7,12-18H2,1-2H3/t19-,21+,23+/m0/s1. The average molecular weight is 528 g/mol. The van der Waals surface area contributed by atoms with Crippen molar-refractivity contribution in [3.05, 3.63) is 29.3 Å². The number of sulfonamides is 1. The van der Waals surface area contributed by atoms with E-state index in [0.717, 1.165) is 25.7 Å². The van der Waals surface area contributed by atoms with Crippen LogP contribution in [0.1, 0.15) is 58.8 Å². The molecule has 0 bridgehead atoms. The zero-order chi connectivity index (χ0) is 25.2. The molecule has 4 rings (SSSR count). The molecular weight excluding hydrogens is 490 g/mol. The molecular formula is C25H38ClN3O5S. The van der Waals surface area contributed by atoms with Gasteiger partial charge >= 0.3 is 6.09 Å². The molecule has 0 aromatic heterocycles. The van der Waals surface area contributed by atoms with Gasteiger partial charge < -0.3 is 14.7 Å². The quantitative estimate of drug-likeness (QED) is 0.554. The second kappa shape index (κ2) is 10.9. The molecule has 10 heteroatoms. The molecule has 2 saturated heterocycles. The molecule has 1 aliphatic carbocycles. The van der Waals surface area contributed by atoms with Gasteiger partial charge in [0, 0.05) is 43.3 Å². The average Bonchev–Trinajstić information content (AvgIpc) is 3.60. The molecule has 3 aliphatic rings. The van der Waals surface area contributed by atoms with Gasteiger partial charge in [-0.2, -0.15) is 4.31 Å². The number of hydrogen-bond donors (Lipinski definition) is 1. The maximum Gasteiger partial charge on any atom is 0.410 e. The predicted molar refractivity (Wildman–Crippen MR) is 135 cm³/mol. The number of aliphatic hydroxyl groups excluding tert-OH is 1. The van der Waals surface area contributed by atoms with Crippen LogP contribution in [-0.2, 0) is 14.8 Å². The number of halogens is 1. The first-order valence-corrected chi connectivity index (χ1v) is 14.7. The number of nitrogens with zero attached hydrogens (tertiary/aromatic N) is 3. The molecule has 3 atom stereocenters. The number of carbonyl (C=O) groups excluding carboxylic acids is 1. The third-order valence-corrected chi connectivity index (χ3v) is 9.92. The van der Waals surface area contributed by atoms with Crippen LogP contribution in [0, 0.1) is 0 Å². The number of piperidine rings is 1. The number of β-amino-alcohol motifs (C(OH)–C–C–N with tert-alkyl or cyclic N) is 1. The van der Waals surface area contributed by atoms with Crippen LogP contribution >= 0.6 is 11.6 Å². The van der Waals surface area contributed by atoms with E-state index >= 15 is 0 Å². The lowest BCUT2D eigenvalue weighted by molar-refractivity contribution is -0.0229. The van der Waals surface area contributed by atoms with E-state index in [4.69, 9.17) is 16.3 Å². The lowest BCUT2D eigenvalue weighted by Crippen LogP contribution is -2.59. The number of benzene rings is 1. The Balaban J connectivity index is 1.56. The number of aliphatic hydroxyl groups is 1. The van der Waals surface area contributed by atoms with Crippen LogP contribution in [0.2, 0.25) is 5.02 Å². The Morgan fingerprint density at radius 1 is 1.20 bits per heavy atom. The van der Waals surface area contributed by atoms with Crippen molar-refractivity contribution in [2.45, 2.75) is 87.4 Å². The molecule has 1 aromatic rings. The van der Waals surface area contributed by atoms with Gasteiger partial charge in [-0.3, -0.25) is 4.90 Å². The molecule has 2 aliphatic heterocycles. The van der Waals surface area contributed by atoms with Crippen molar-refractivity contribution in [3.63, 3.8) is 0 Å². The molecule has 0 unspecified atom stereocenters. The smallest absolute Gasteiger partial charge is 0.410 e. The monoisotopic (exact) mass is 527 g/mol. The number of carbonyl (C=O) groups is 1. The summed E-state index contributed by atoms with van der Waals surface area (Å²) in [5.74, 6) is 0. The van der Waals surface area contributed by atoms with Crippen molar-refractivity contribution < 1.29 is 23.1 Å². The Bertz CT molecular complexity index is 983. The molecule has 0 spiro atoms. The van der Waals surface area contributed by atoms with Crippen LogP contribution in [-0.4, -0.2) is 90.2 Å².